The maximum atomic E-state index is 12.7. The minimum atomic E-state index is -0.0521. The first kappa shape index (κ1) is 22.8. The fourth-order valence-corrected chi connectivity index (χ4v) is 4.85. The highest BCUT2D eigenvalue weighted by Gasteiger charge is 2.30. The number of carbonyl (C=O) groups is 2. The molecule has 0 spiro atoms. The largest absolute Gasteiger partial charge is 0.356 e. The van der Waals surface area contributed by atoms with Crippen molar-refractivity contribution in [3.8, 4) is 0 Å². The minimum absolute atomic E-state index is 0.0521. The summed E-state index contributed by atoms with van der Waals surface area (Å²) in [6.07, 6.45) is 8.71. The third-order valence-electron chi connectivity index (χ3n) is 6.75. The summed E-state index contributed by atoms with van der Waals surface area (Å²) in [7, 11) is 1.79. The maximum Gasteiger partial charge on any atom is 0.239 e. The number of nitrogens with zero attached hydrogens (tertiary/aromatic N) is 4. The van der Waals surface area contributed by atoms with Crippen molar-refractivity contribution in [1.82, 2.24) is 25.3 Å². The number of piperazine rings is 1. The van der Waals surface area contributed by atoms with Gasteiger partial charge in [-0.1, -0.05) is 19.3 Å². The van der Waals surface area contributed by atoms with Crippen molar-refractivity contribution in [2.45, 2.75) is 70.4 Å². The molecular formula is C22H40N6O2. The number of likely N-dealkylation sites (tertiary alicyclic amines) is 1. The van der Waals surface area contributed by atoms with Crippen LogP contribution in [-0.4, -0.2) is 97.4 Å². The summed E-state index contributed by atoms with van der Waals surface area (Å²) < 4.78 is 0. The molecule has 8 heteroatoms. The quantitative estimate of drug-likeness (QED) is 0.496. The van der Waals surface area contributed by atoms with Gasteiger partial charge >= 0.3 is 0 Å². The smallest absolute Gasteiger partial charge is 0.239 e. The van der Waals surface area contributed by atoms with Gasteiger partial charge in [-0.3, -0.25) is 19.5 Å². The van der Waals surface area contributed by atoms with E-state index in [1.807, 2.05) is 11.8 Å². The first-order valence-corrected chi connectivity index (χ1v) is 11.9. The van der Waals surface area contributed by atoms with Crippen molar-refractivity contribution < 1.29 is 9.59 Å². The predicted octanol–water partition coefficient (Wildman–Crippen LogP) is 1.03. The molecule has 8 nitrogen and oxygen atoms in total. The van der Waals surface area contributed by atoms with Gasteiger partial charge < -0.3 is 20.4 Å². The summed E-state index contributed by atoms with van der Waals surface area (Å²) in [5, 5.41) is 6.51. The second-order valence-corrected chi connectivity index (χ2v) is 8.86. The van der Waals surface area contributed by atoms with Gasteiger partial charge in [-0.25, -0.2) is 0 Å². The highest BCUT2D eigenvalue weighted by atomic mass is 16.2. The Hall–Kier alpha value is -1.83. The summed E-state index contributed by atoms with van der Waals surface area (Å²) in [6, 6.07) is 0.313. The second-order valence-electron chi connectivity index (χ2n) is 8.86. The molecule has 2 aliphatic heterocycles. The van der Waals surface area contributed by atoms with Crippen LogP contribution in [0.3, 0.4) is 0 Å². The van der Waals surface area contributed by atoms with Crippen molar-refractivity contribution in [2.75, 3.05) is 52.9 Å². The third-order valence-corrected chi connectivity index (χ3v) is 6.75. The molecule has 1 saturated carbocycles. The molecule has 2 saturated heterocycles. The topological polar surface area (TPSA) is 80.3 Å². The molecule has 30 heavy (non-hydrogen) atoms. The van der Waals surface area contributed by atoms with Crippen molar-refractivity contribution in [1.29, 1.82) is 0 Å². The monoisotopic (exact) mass is 420 g/mol. The highest BCUT2D eigenvalue weighted by molar-refractivity contribution is 5.82. The minimum Gasteiger partial charge on any atom is -0.356 e. The van der Waals surface area contributed by atoms with Crippen LogP contribution in [0.1, 0.15) is 58.3 Å². The molecule has 3 aliphatic rings. The lowest BCUT2D eigenvalue weighted by molar-refractivity contribution is -0.135. The Labute approximate surface area is 181 Å². The summed E-state index contributed by atoms with van der Waals surface area (Å²) in [5.41, 5.74) is 0. The highest BCUT2D eigenvalue weighted by Crippen LogP contribution is 2.17. The zero-order chi connectivity index (χ0) is 21.3. The normalized spacial score (nSPS) is 22.8. The standard InChI is InChI=1S/C22H40N6O2/c1-18(21(30)27-12-6-7-13-27)26-14-16-28(17-15-26)22(23-2)24-11-10-20(29)25-19-8-4-3-5-9-19/h18-19H,3-17H2,1-2H3,(H,23,24)(H,25,29). The van der Waals surface area contributed by atoms with Gasteiger partial charge in [-0.15, -0.1) is 0 Å². The first-order valence-electron chi connectivity index (χ1n) is 11.9. The Morgan fingerprint density at radius 1 is 0.933 bits per heavy atom. The molecule has 1 unspecified atom stereocenters. The number of guanidine groups is 1. The van der Waals surface area contributed by atoms with E-state index in [2.05, 4.69) is 25.4 Å². The number of aliphatic imine (C=N–C) groups is 1. The number of rotatable bonds is 6. The average molecular weight is 421 g/mol. The Morgan fingerprint density at radius 2 is 1.60 bits per heavy atom. The van der Waals surface area contributed by atoms with Crippen LogP contribution < -0.4 is 10.6 Å². The van der Waals surface area contributed by atoms with E-state index >= 15 is 0 Å². The summed E-state index contributed by atoms with van der Waals surface area (Å²) in [5.74, 6) is 1.25. The van der Waals surface area contributed by atoms with Crippen LogP contribution in [0.2, 0.25) is 0 Å². The number of amides is 2. The van der Waals surface area contributed by atoms with Crippen LogP contribution >= 0.6 is 0 Å². The summed E-state index contributed by atoms with van der Waals surface area (Å²) >= 11 is 0. The molecule has 2 N–H and O–H groups in total. The fraction of sp³-hybridized carbons (Fsp3) is 0.864. The molecule has 3 rings (SSSR count). The van der Waals surface area contributed by atoms with Gasteiger partial charge in [0.05, 0.1) is 6.04 Å². The van der Waals surface area contributed by atoms with Gasteiger partial charge in [0.25, 0.3) is 0 Å². The van der Waals surface area contributed by atoms with E-state index in [1.54, 1.807) is 7.05 Å². The molecule has 2 heterocycles. The van der Waals surface area contributed by atoms with Crippen LogP contribution in [-0.2, 0) is 9.59 Å². The van der Waals surface area contributed by atoms with E-state index in [9.17, 15) is 9.59 Å². The van der Waals surface area contributed by atoms with Crippen molar-refractivity contribution >= 4 is 17.8 Å². The van der Waals surface area contributed by atoms with Gasteiger partial charge in [-0.05, 0) is 32.6 Å². The maximum absolute atomic E-state index is 12.7. The van der Waals surface area contributed by atoms with Gasteiger partial charge in [0.15, 0.2) is 5.96 Å². The SMILES string of the molecule is CN=C(NCCC(=O)NC1CCCCC1)N1CCN(C(C)C(=O)N2CCCC2)CC1. The molecule has 3 fully saturated rings. The van der Waals surface area contributed by atoms with Crippen molar-refractivity contribution in [2.24, 2.45) is 4.99 Å². The molecule has 0 aromatic rings. The Morgan fingerprint density at radius 3 is 2.23 bits per heavy atom. The second kappa shape index (κ2) is 11.5. The molecule has 1 aliphatic carbocycles. The lowest BCUT2D eigenvalue weighted by atomic mass is 9.95. The third kappa shape index (κ3) is 6.33. The van der Waals surface area contributed by atoms with E-state index in [0.717, 1.165) is 70.9 Å². The van der Waals surface area contributed by atoms with Crippen LogP contribution in [0.25, 0.3) is 0 Å². The molecular weight excluding hydrogens is 380 g/mol. The van der Waals surface area contributed by atoms with Gasteiger partial charge in [0, 0.05) is 65.3 Å². The number of nitrogens with one attached hydrogen (secondary N) is 2. The van der Waals surface area contributed by atoms with Crippen LogP contribution in [0, 0.1) is 0 Å². The average Bonchev–Trinajstić information content (AvgIpc) is 3.31. The number of hydrogen-bond acceptors (Lipinski definition) is 4. The van der Waals surface area contributed by atoms with Gasteiger partial charge in [0.1, 0.15) is 0 Å². The molecule has 0 radical (unpaired) electrons. The molecule has 170 valence electrons. The van der Waals surface area contributed by atoms with Crippen LogP contribution in [0.15, 0.2) is 4.99 Å². The van der Waals surface area contributed by atoms with E-state index in [1.165, 1.54) is 19.3 Å². The van der Waals surface area contributed by atoms with E-state index in [0.29, 0.717) is 19.0 Å². The molecule has 2 amide bonds. The lowest BCUT2D eigenvalue weighted by Crippen LogP contribution is -2.57. The summed E-state index contributed by atoms with van der Waals surface area (Å²) in [6.45, 7) is 7.83. The zero-order valence-corrected chi connectivity index (χ0v) is 18.9. The lowest BCUT2D eigenvalue weighted by Gasteiger charge is -2.39. The molecule has 0 bridgehead atoms. The van der Waals surface area contributed by atoms with Gasteiger partial charge in [0.2, 0.25) is 11.8 Å². The van der Waals surface area contributed by atoms with Gasteiger partial charge in [-0.2, -0.15) is 0 Å². The Balaban J connectivity index is 1.36. The summed E-state index contributed by atoms with van der Waals surface area (Å²) in [4.78, 5) is 35.8. The first-order chi connectivity index (χ1) is 14.6. The molecule has 1 atom stereocenters. The van der Waals surface area contributed by atoms with Crippen LogP contribution in [0.4, 0.5) is 0 Å². The van der Waals surface area contributed by atoms with E-state index in [-0.39, 0.29) is 17.9 Å². The van der Waals surface area contributed by atoms with Crippen molar-refractivity contribution in [3.05, 3.63) is 0 Å². The number of hydrogen-bond donors (Lipinski definition) is 2. The Bertz CT molecular complexity index is 590. The number of carbonyl (C=O) groups excluding carboxylic acids is 2. The zero-order valence-electron chi connectivity index (χ0n) is 18.9. The molecule has 0 aromatic heterocycles. The Kier molecular flexibility index (Phi) is 8.78. The van der Waals surface area contributed by atoms with E-state index in [4.69, 9.17) is 0 Å². The fourth-order valence-electron chi connectivity index (χ4n) is 4.85. The van der Waals surface area contributed by atoms with Crippen LogP contribution in [0.5, 0.6) is 0 Å². The van der Waals surface area contributed by atoms with E-state index < -0.39 is 0 Å². The molecule has 0 aromatic carbocycles. The predicted molar refractivity (Wildman–Crippen MR) is 119 cm³/mol. The van der Waals surface area contributed by atoms with Crippen molar-refractivity contribution in [3.63, 3.8) is 0 Å².